The van der Waals surface area contributed by atoms with Crippen molar-refractivity contribution in [2.24, 2.45) is 5.92 Å². The zero-order valence-corrected chi connectivity index (χ0v) is 8.94. The van der Waals surface area contributed by atoms with Gasteiger partial charge in [0.15, 0.2) is 0 Å². The molecule has 0 aliphatic heterocycles. The van der Waals surface area contributed by atoms with Crippen molar-refractivity contribution in [2.45, 2.75) is 38.4 Å². The van der Waals surface area contributed by atoms with Crippen molar-refractivity contribution in [1.29, 1.82) is 0 Å². The van der Waals surface area contributed by atoms with Gasteiger partial charge in [0.05, 0.1) is 19.6 Å². The molecule has 1 N–H and O–H groups in total. The van der Waals surface area contributed by atoms with Crippen LogP contribution in [0.2, 0.25) is 0 Å². The first-order valence-electron chi connectivity index (χ1n) is 5.37. The van der Waals surface area contributed by atoms with Crippen LogP contribution in [0.25, 0.3) is 0 Å². The maximum Gasteiger partial charge on any atom is 0.391 e. The third-order valence-electron chi connectivity index (χ3n) is 2.57. The first kappa shape index (κ1) is 12.8. The fourth-order valence-electron chi connectivity index (χ4n) is 1.41. The van der Waals surface area contributed by atoms with Crippen LogP contribution in [0.3, 0.4) is 0 Å². The summed E-state index contributed by atoms with van der Waals surface area (Å²) in [5.41, 5.74) is 0. The van der Waals surface area contributed by atoms with Crippen LogP contribution < -0.4 is 5.32 Å². The van der Waals surface area contributed by atoms with E-state index in [0.29, 0.717) is 19.2 Å². The molecule has 0 bridgehead atoms. The Morgan fingerprint density at radius 3 is 2.53 bits per heavy atom. The summed E-state index contributed by atoms with van der Waals surface area (Å²) in [6, 6.07) is 0.469. The minimum Gasteiger partial charge on any atom is -0.380 e. The molecule has 1 unspecified atom stereocenters. The number of nitrogens with one attached hydrogen (secondary N) is 1. The van der Waals surface area contributed by atoms with Gasteiger partial charge in [-0.2, -0.15) is 13.2 Å². The van der Waals surface area contributed by atoms with E-state index in [1.165, 1.54) is 12.8 Å². The lowest BCUT2D eigenvalue weighted by Crippen LogP contribution is -2.31. The molecule has 0 radical (unpaired) electrons. The van der Waals surface area contributed by atoms with Crippen molar-refractivity contribution in [3.63, 3.8) is 0 Å². The van der Waals surface area contributed by atoms with Crippen molar-refractivity contribution in [3.05, 3.63) is 0 Å². The fraction of sp³-hybridized carbons (Fsp3) is 1.00. The van der Waals surface area contributed by atoms with Gasteiger partial charge in [-0.1, -0.05) is 0 Å². The van der Waals surface area contributed by atoms with Gasteiger partial charge in [0.2, 0.25) is 0 Å². The Bertz CT molecular complexity index is 180. The Labute approximate surface area is 88.2 Å². The standard InChI is InChI=1S/C10H18F3NO/c1-8(9-2-3-9)14-5-7-15-6-4-10(11,12)13/h8-9,14H,2-7H2,1H3. The van der Waals surface area contributed by atoms with Gasteiger partial charge in [0.25, 0.3) is 0 Å². The lowest BCUT2D eigenvalue weighted by molar-refractivity contribution is -0.145. The van der Waals surface area contributed by atoms with Crippen LogP contribution in [-0.2, 0) is 4.74 Å². The summed E-state index contributed by atoms with van der Waals surface area (Å²) in [6.07, 6.45) is -2.42. The van der Waals surface area contributed by atoms with Crippen LogP contribution in [-0.4, -0.2) is 32.0 Å². The minimum atomic E-state index is -4.10. The van der Waals surface area contributed by atoms with E-state index in [2.05, 4.69) is 12.2 Å². The quantitative estimate of drug-likeness (QED) is 0.671. The average Bonchev–Trinajstić information content (AvgIpc) is 2.91. The van der Waals surface area contributed by atoms with Crippen molar-refractivity contribution in [1.82, 2.24) is 5.32 Å². The number of halogens is 3. The molecule has 0 aromatic heterocycles. The molecule has 0 spiro atoms. The highest BCUT2D eigenvalue weighted by Gasteiger charge is 2.27. The first-order chi connectivity index (χ1) is 6.99. The SMILES string of the molecule is CC(NCCOCCC(F)(F)F)C1CC1. The summed E-state index contributed by atoms with van der Waals surface area (Å²) in [7, 11) is 0. The summed E-state index contributed by atoms with van der Waals surface area (Å²) < 4.78 is 40.0. The molecule has 0 aromatic rings. The Morgan fingerprint density at radius 1 is 1.33 bits per heavy atom. The number of alkyl halides is 3. The van der Waals surface area contributed by atoms with E-state index in [4.69, 9.17) is 4.74 Å². The van der Waals surface area contributed by atoms with Crippen molar-refractivity contribution in [3.8, 4) is 0 Å². The van der Waals surface area contributed by atoms with Gasteiger partial charge in [-0.05, 0) is 25.7 Å². The van der Waals surface area contributed by atoms with Crippen molar-refractivity contribution < 1.29 is 17.9 Å². The van der Waals surface area contributed by atoms with Gasteiger partial charge in [0, 0.05) is 12.6 Å². The summed E-state index contributed by atoms with van der Waals surface area (Å²) in [5.74, 6) is 0.764. The maximum atomic E-state index is 11.7. The maximum absolute atomic E-state index is 11.7. The topological polar surface area (TPSA) is 21.3 Å². The first-order valence-corrected chi connectivity index (χ1v) is 5.37. The van der Waals surface area contributed by atoms with Gasteiger partial charge in [0.1, 0.15) is 0 Å². The monoisotopic (exact) mass is 225 g/mol. The molecular formula is C10H18F3NO. The Morgan fingerprint density at radius 2 is 2.00 bits per heavy atom. The van der Waals surface area contributed by atoms with Crippen molar-refractivity contribution in [2.75, 3.05) is 19.8 Å². The molecule has 1 atom stereocenters. The fourth-order valence-corrected chi connectivity index (χ4v) is 1.41. The molecule has 1 fully saturated rings. The molecule has 1 aliphatic carbocycles. The third-order valence-corrected chi connectivity index (χ3v) is 2.57. The predicted molar refractivity (Wildman–Crippen MR) is 51.7 cm³/mol. The molecule has 0 aromatic carbocycles. The second-order valence-corrected chi connectivity index (χ2v) is 4.06. The number of hydrogen-bond donors (Lipinski definition) is 1. The second kappa shape index (κ2) is 5.70. The highest BCUT2D eigenvalue weighted by atomic mass is 19.4. The Kier molecular flexibility index (Phi) is 4.86. The van der Waals surface area contributed by atoms with Gasteiger partial charge >= 0.3 is 6.18 Å². The molecule has 1 rings (SSSR count). The molecule has 15 heavy (non-hydrogen) atoms. The third kappa shape index (κ3) is 6.73. The molecule has 0 saturated heterocycles. The highest BCUT2D eigenvalue weighted by molar-refractivity contribution is 4.82. The van der Waals surface area contributed by atoms with Crippen LogP contribution >= 0.6 is 0 Å². The molecule has 90 valence electrons. The van der Waals surface area contributed by atoms with Crippen molar-refractivity contribution >= 4 is 0 Å². The number of ether oxygens (including phenoxy) is 1. The average molecular weight is 225 g/mol. The molecule has 5 heteroatoms. The lowest BCUT2D eigenvalue weighted by Gasteiger charge is -2.12. The van der Waals surface area contributed by atoms with Crippen LogP contribution in [0.15, 0.2) is 0 Å². The van der Waals surface area contributed by atoms with E-state index in [-0.39, 0.29) is 6.61 Å². The van der Waals surface area contributed by atoms with Gasteiger partial charge in [-0.15, -0.1) is 0 Å². The zero-order valence-electron chi connectivity index (χ0n) is 8.94. The van der Waals surface area contributed by atoms with E-state index >= 15 is 0 Å². The number of rotatable bonds is 7. The highest BCUT2D eigenvalue weighted by Crippen LogP contribution is 2.32. The smallest absolute Gasteiger partial charge is 0.380 e. The molecule has 0 amide bonds. The van der Waals surface area contributed by atoms with E-state index in [1.807, 2.05) is 0 Å². The van der Waals surface area contributed by atoms with E-state index in [0.717, 1.165) is 5.92 Å². The van der Waals surface area contributed by atoms with Crippen LogP contribution in [0.4, 0.5) is 13.2 Å². The normalized spacial score (nSPS) is 19.2. The second-order valence-electron chi connectivity index (χ2n) is 4.06. The molecule has 1 aliphatic rings. The van der Waals surface area contributed by atoms with Crippen LogP contribution in [0.1, 0.15) is 26.2 Å². The Balaban J connectivity index is 1.84. The summed E-state index contributed by atoms with van der Waals surface area (Å²) in [5, 5.41) is 3.24. The van der Waals surface area contributed by atoms with E-state index < -0.39 is 12.6 Å². The van der Waals surface area contributed by atoms with Gasteiger partial charge < -0.3 is 10.1 Å². The molecule has 2 nitrogen and oxygen atoms in total. The largest absolute Gasteiger partial charge is 0.391 e. The zero-order chi connectivity index (χ0) is 11.3. The van der Waals surface area contributed by atoms with E-state index in [9.17, 15) is 13.2 Å². The predicted octanol–water partition coefficient (Wildman–Crippen LogP) is 2.34. The summed E-state index contributed by atoms with van der Waals surface area (Å²) in [6.45, 7) is 2.86. The van der Waals surface area contributed by atoms with Gasteiger partial charge in [-0.25, -0.2) is 0 Å². The summed E-state index contributed by atoms with van der Waals surface area (Å²) in [4.78, 5) is 0. The number of hydrogen-bond acceptors (Lipinski definition) is 2. The lowest BCUT2D eigenvalue weighted by atomic mass is 10.2. The minimum absolute atomic E-state index is 0.233. The molecule has 0 heterocycles. The molecule has 1 saturated carbocycles. The Hall–Kier alpha value is -0.290. The van der Waals surface area contributed by atoms with Crippen LogP contribution in [0, 0.1) is 5.92 Å². The van der Waals surface area contributed by atoms with E-state index in [1.54, 1.807) is 0 Å². The summed E-state index contributed by atoms with van der Waals surface area (Å²) >= 11 is 0. The van der Waals surface area contributed by atoms with Gasteiger partial charge in [-0.3, -0.25) is 0 Å². The van der Waals surface area contributed by atoms with Crippen LogP contribution in [0.5, 0.6) is 0 Å². The molecular weight excluding hydrogens is 207 g/mol.